The van der Waals surface area contributed by atoms with E-state index in [1.54, 1.807) is 26.0 Å². The minimum Gasteiger partial charge on any atom is -0.372 e. The highest BCUT2D eigenvalue weighted by Crippen LogP contribution is 2.14. The third-order valence-electron chi connectivity index (χ3n) is 3.16. The van der Waals surface area contributed by atoms with Gasteiger partial charge in [0.2, 0.25) is 0 Å². The number of aryl methyl sites for hydroxylation is 2. The van der Waals surface area contributed by atoms with Crippen LogP contribution in [0.1, 0.15) is 17.0 Å². The first-order valence-corrected chi connectivity index (χ1v) is 5.98. The normalized spacial score (nSPS) is 11.1. The fraction of sp³-hybridized carbons (Fsp3) is 0.231. The summed E-state index contributed by atoms with van der Waals surface area (Å²) in [6.07, 6.45) is 1.52. The Morgan fingerprint density at radius 3 is 2.80 bits per heavy atom. The Labute approximate surface area is 112 Å². The van der Waals surface area contributed by atoms with Crippen molar-refractivity contribution in [3.63, 3.8) is 0 Å². The molecule has 0 aliphatic carbocycles. The van der Waals surface area contributed by atoms with E-state index >= 15 is 0 Å². The zero-order valence-electron chi connectivity index (χ0n) is 10.9. The third kappa shape index (κ3) is 1.83. The van der Waals surface area contributed by atoms with Crippen molar-refractivity contribution in [2.75, 3.05) is 0 Å². The van der Waals surface area contributed by atoms with Gasteiger partial charge in [0.25, 0.3) is 0 Å². The average molecular weight is 273 g/mol. The molecule has 0 bridgehead atoms. The zero-order valence-corrected chi connectivity index (χ0v) is 10.9. The van der Waals surface area contributed by atoms with Gasteiger partial charge in [-0.25, -0.2) is 14.6 Å². The zero-order chi connectivity index (χ0) is 14.3. The van der Waals surface area contributed by atoms with Crippen LogP contribution in [-0.2, 0) is 6.54 Å². The Hall–Kier alpha value is -2.70. The number of rotatable bonds is 2. The summed E-state index contributed by atoms with van der Waals surface area (Å²) in [6.45, 7) is 3.73. The molecule has 0 saturated heterocycles. The summed E-state index contributed by atoms with van der Waals surface area (Å²) in [5, 5.41) is 4.10. The standard InChI is InChI=1S/C13H11N3O4/c1-7-10(8(2)20-15-7)6-16-11-9(4-3-5-14-11)12(17)19-13(16)18/h3-5H,6H2,1-2H3. The number of fused-ring (bicyclic) bond motifs is 1. The number of hydrogen-bond donors (Lipinski definition) is 0. The van der Waals surface area contributed by atoms with Gasteiger partial charge in [-0.05, 0) is 26.0 Å². The van der Waals surface area contributed by atoms with Gasteiger partial charge in [0, 0.05) is 11.8 Å². The van der Waals surface area contributed by atoms with Gasteiger partial charge in [-0.15, -0.1) is 0 Å². The van der Waals surface area contributed by atoms with E-state index < -0.39 is 11.4 Å². The number of aromatic nitrogens is 3. The Morgan fingerprint density at radius 2 is 2.10 bits per heavy atom. The molecule has 0 aromatic carbocycles. The summed E-state index contributed by atoms with van der Waals surface area (Å²) in [5.41, 5.74) is 1.06. The molecule has 0 amide bonds. The molecule has 7 heteroatoms. The van der Waals surface area contributed by atoms with Crippen molar-refractivity contribution in [1.29, 1.82) is 0 Å². The summed E-state index contributed by atoms with van der Waals surface area (Å²) in [7, 11) is 0. The van der Waals surface area contributed by atoms with Crippen LogP contribution in [0.5, 0.6) is 0 Å². The predicted octanol–water partition coefficient (Wildman–Crippen LogP) is 1.00. The van der Waals surface area contributed by atoms with Crippen LogP contribution in [0.15, 0.2) is 36.9 Å². The van der Waals surface area contributed by atoms with E-state index in [0.29, 0.717) is 11.5 Å². The minimum absolute atomic E-state index is 0.192. The molecule has 20 heavy (non-hydrogen) atoms. The molecule has 102 valence electrons. The Morgan fingerprint density at radius 1 is 1.30 bits per heavy atom. The molecule has 0 radical (unpaired) electrons. The van der Waals surface area contributed by atoms with Gasteiger partial charge >= 0.3 is 11.4 Å². The lowest BCUT2D eigenvalue weighted by molar-refractivity contribution is 0.390. The first-order valence-electron chi connectivity index (χ1n) is 5.98. The molecular formula is C13H11N3O4. The van der Waals surface area contributed by atoms with Crippen LogP contribution in [-0.4, -0.2) is 14.7 Å². The quantitative estimate of drug-likeness (QED) is 0.691. The summed E-state index contributed by atoms with van der Waals surface area (Å²) < 4.78 is 11.1. The topological polar surface area (TPSA) is 91.1 Å². The van der Waals surface area contributed by atoms with E-state index in [-0.39, 0.29) is 17.6 Å². The Balaban J connectivity index is 2.27. The van der Waals surface area contributed by atoms with E-state index in [4.69, 9.17) is 8.94 Å². The summed E-state index contributed by atoms with van der Waals surface area (Å²) in [5.74, 6) is -0.133. The maximum Gasteiger partial charge on any atom is 0.423 e. The summed E-state index contributed by atoms with van der Waals surface area (Å²) in [6, 6.07) is 3.18. The second-order valence-corrected chi connectivity index (χ2v) is 4.42. The summed E-state index contributed by atoms with van der Waals surface area (Å²) in [4.78, 5) is 27.6. The second-order valence-electron chi connectivity index (χ2n) is 4.42. The fourth-order valence-electron chi connectivity index (χ4n) is 2.07. The van der Waals surface area contributed by atoms with E-state index in [0.717, 1.165) is 5.56 Å². The molecular weight excluding hydrogens is 262 g/mol. The molecule has 3 heterocycles. The van der Waals surface area contributed by atoms with E-state index in [1.165, 1.54) is 10.8 Å². The van der Waals surface area contributed by atoms with Gasteiger partial charge in [-0.2, -0.15) is 0 Å². The van der Waals surface area contributed by atoms with Crippen LogP contribution in [0.25, 0.3) is 11.0 Å². The molecule has 0 fully saturated rings. The lowest BCUT2D eigenvalue weighted by Crippen LogP contribution is -2.26. The molecule has 0 N–H and O–H groups in total. The van der Waals surface area contributed by atoms with Gasteiger partial charge in [-0.3, -0.25) is 4.57 Å². The largest absolute Gasteiger partial charge is 0.423 e. The maximum atomic E-state index is 11.9. The first kappa shape index (κ1) is 12.3. The highest BCUT2D eigenvalue weighted by atomic mass is 16.5. The highest BCUT2D eigenvalue weighted by Gasteiger charge is 2.15. The number of hydrogen-bond acceptors (Lipinski definition) is 6. The smallest absolute Gasteiger partial charge is 0.372 e. The highest BCUT2D eigenvalue weighted by molar-refractivity contribution is 5.72. The molecule has 7 nitrogen and oxygen atoms in total. The van der Waals surface area contributed by atoms with Crippen molar-refractivity contribution in [1.82, 2.24) is 14.7 Å². The van der Waals surface area contributed by atoms with Crippen molar-refractivity contribution < 1.29 is 8.94 Å². The van der Waals surface area contributed by atoms with Crippen molar-refractivity contribution >= 4 is 11.0 Å². The minimum atomic E-state index is -0.749. The van der Waals surface area contributed by atoms with Crippen LogP contribution < -0.4 is 11.4 Å². The van der Waals surface area contributed by atoms with Gasteiger partial charge in [0.15, 0.2) is 5.65 Å². The van der Waals surface area contributed by atoms with Crippen molar-refractivity contribution in [3.8, 4) is 0 Å². The fourth-order valence-corrected chi connectivity index (χ4v) is 2.07. The Bertz CT molecular complexity index is 884. The molecule has 3 aromatic heterocycles. The lowest BCUT2D eigenvalue weighted by Gasteiger charge is -2.06. The Kier molecular flexibility index (Phi) is 2.74. The second kappa shape index (κ2) is 4.44. The molecule has 0 atom stereocenters. The SMILES string of the molecule is Cc1noc(C)c1Cn1c(=O)oc(=O)c2cccnc21. The molecule has 0 aliphatic rings. The van der Waals surface area contributed by atoms with Gasteiger partial charge in [0.05, 0.1) is 12.2 Å². The molecule has 0 aliphatic heterocycles. The molecule has 0 spiro atoms. The van der Waals surface area contributed by atoms with Crippen molar-refractivity contribution in [2.45, 2.75) is 20.4 Å². The predicted molar refractivity (Wildman–Crippen MR) is 69.6 cm³/mol. The van der Waals surface area contributed by atoms with E-state index in [1.807, 2.05) is 0 Å². The van der Waals surface area contributed by atoms with Crippen LogP contribution in [0.4, 0.5) is 0 Å². The third-order valence-corrected chi connectivity index (χ3v) is 3.16. The number of pyridine rings is 1. The number of nitrogens with zero attached hydrogens (tertiary/aromatic N) is 3. The van der Waals surface area contributed by atoms with Crippen LogP contribution in [0.3, 0.4) is 0 Å². The summed E-state index contributed by atoms with van der Waals surface area (Å²) >= 11 is 0. The molecule has 3 rings (SSSR count). The first-order chi connectivity index (χ1) is 9.58. The van der Waals surface area contributed by atoms with Gasteiger partial charge in [-0.1, -0.05) is 5.16 Å². The monoisotopic (exact) mass is 273 g/mol. The van der Waals surface area contributed by atoms with Crippen LogP contribution in [0, 0.1) is 13.8 Å². The molecule has 0 unspecified atom stereocenters. The molecule has 3 aromatic rings. The van der Waals surface area contributed by atoms with Gasteiger partial charge < -0.3 is 8.94 Å². The van der Waals surface area contributed by atoms with Crippen LogP contribution in [0.2, 0.25) is 0 Å². The van der Waals surface area contributed by atoms with E-state index in [9.17, 15) is 9.59 Å². The molecule has 0 saturated carbocycles. The van der Waals surface area contributed by atoms with Crippen LogP contribution >= 0.6 is 0 Å². The van der Waals surface area contributed by atoms with E-state index in [2.05, 4.69) is 10.1 Å². The van der Waals surface area contributed by atoms with Gasteiger partial charge in [0.1, 0.15) is 11.1 Å². The van der Waals surface area contributed by atoms with Crippen molar-refractivity contribution in [3.05, 3.63) is 56.3 Å². The van der Waals surface area contributed by atoms with Crippen molar-refractivity contribution in [2.24, 2.45) is 0 Å². The maximum absolute atomic E-state index is 11.9. The average Bonchev–Trinajstić information content (AvgIpc) is 2.74. The lowest BCUT2D eigenvalue weighted by atomic mass is 10.2.